The molecule has 7 nitrogen and oxygen atoms in total. The second-order valence-electron chi connectivity index (χ2n) is 10.9. The zero-order chi connectivity index (χ0) is 31.1. The summed E-state index contributed by atoms with van der Waals surface area (Å²) in [4.78, 5) is 29.2. The molecule has 1 atom stereocenters. The van der Waals surface area contributed by atoms with Crippen LogP contribution in [0.3, 0.4) is 0 Å². The predicted molar refractivity (Wildman–Crippen MR) is 173 cm³/mol. The molecule has 0 saturated carbocycles. The average Bonchev–Trinajstić information content (AvgIpc) is 2.98. The summed E-state index contributed by atoms with van der Waals surface area (Å²) in [5.41, 5.74) is 1.43. The third kappa shape index (κ3) is 8.36. The van der Waals surface area contributed by atoms with Crippen molar-refractivity contribution in [2.24, 2.45) is 5.92 Å². The number of carbonyl (C=O) groups excluding carboxylic acids is 2. The first-order valence-corrected chi connectivity index (χ1v) is 16.2. The molecule has 4 aromatic carbocycles. The molecule has 0 spiro atoms. The molecule has 2 amide bonds. The number of hydrogen-bond donors (Lipinski definition) is 1. The molecule has 4 aromatic rings. The standard InChI is InChI=1S/C33H35Cl2N3O4S/c1-23(2)20-36-33(40)31(17-24-9-5-4-6-10-24)38(21-27-13-15-28(34)19-30(27)35)32(39)22-37(3)43(41,42)29-16-14-25-11-7-8-12-26(25)18-29/h4-16,18-19,23,31H,17,20-22H2,1-3H3,(H,36,40)/t31-/m1/s1. The minimum Gasteiger partial charge on any atom is -0.354 e. The fourth-order valence-corrected chi connectivity index (χ4v) is 6.31. The molecule has 0 saturated heterocycles. The van der Waals surface area contributed by atoms with Gasteiger partial charge in [-0.05, 0) is 52.1 Å². The third-order valence-corrected chi connectivity index (χ3v) is 9.48. The van der Waals surface area contributed by atoms with Crippen LogP contribution < -0.4 is 5.32 Å². The van der Waals surface area contributed by atoms with E-state index in [0.29, 0.717) is 22.2 Å². The SMILES string of the molecule is CC(C)CNC(=O)[C@@H](Cc1ccccc1)N(Cc1ccc(Cl)cc1Cl)C(=O)CN(C)S(=O)(=O)c1ccc2ccccc2c1. The zero-order valence-corrected chi connectivity index (χ0v) is 26.7. The molecule has 1 N–H and O–H groups in total. The molecule has 0 aromatic heterocycles. The summed E-state index contributed by atoms with van der Waals surface area (Å²) in [6.45, 7) is 3.88. The summed E-state index contributed by atoms with van der Waals surface area (Å²) in [5.74, 6) is -0.691. The molecule has 0 radical (unpaired) electrons. The number of carbonyl (C=O) groups is 2. The zero-order valence-electron chi connectivity index (χ0n) is 24.3. The van der Waals surface area contributed by atoms with Crippen LogP contribution >= 0.6 is 23.2 Å². The topological polar surface area (TPSA) is 86.8 Å². The van der Waals surface area contributed by atoms with E-state index in [-0.39, 0.29) is 29.7 Å². The first kappa shape index (κ1) is 32.5. The van der Waals surface area contributed by atoms with Crippen molar-refractivity contribution < 1.29 is 18.0 Å². The van der Waals surface area contributed by atoms with Crippen LogP contribution in [-0.4, -0.2) is 55.6 Å². The highest BCUT2D eigenvalue weighted by Crippen LogP contribution is 2.25. The van der Waals surface area contributed by atoms with Gasteiger partial charge in [0.25, 0.3) is 0 Å². The lowest BCUT2D eigenvalue weighted by atomic mass is 10.0. The number of sulfonamides is 1. The van der Waals surface area contributed by atoms with Crippen molar-refractivity contribution in [1.82, 2.24) is 14.5 Å². The molecular formula is C33H35Cl2N3O4S. The normalized spacial score (nSPS) is 12.4. The fraction of sp³-hybridized carbons (Fsp3) is 0.273. The summed E-state index contributed by atoms with van der Waals surface area (Å²) in [6.07, 6.45) is 0.225. The van der Waals surface area contributed by atoms with Crippen molar-refractivity contribution in [3.8, 4) is 0 Å². The van der Waals surface area contributed by atoms with E-state index >= 15 is 0 Å². The molecule has 226 valence electrons. The highest BCUT2D eigenvalue weighted by molar-refractivity contribution is 7.89. The number of fused-ring (bicyclic) bond motifs is 1. The van der Waals surface area contributed by atoms with Gasteiger partial charge in [-0.25, -0.2) is 8.42 Å². The molecule has 0 unspecified atom stereocenters. The number of likely N-dealkylation sites (N-methyl/N-ethyl adjacent to an activating group) is 1. The summed E-state index contributed by atoms with van der Waals surface area (Å²) < 4.78 is 28.2. The maximum Gasteiger partial charge on any atom is 0.243 e. The molecule has 43 heavy (non-hydrogen) atoms. The highest BCUT2D eigenvalue weighted by Gasteiger charge is 2.33. The van der Waals surface area contributed by atoms with Gasteiger partial charge in [-0.15, -0.1) is 0 Å². The van der Waals surface area contributed by atoms with Crippen molar-refractivity contribution in [2.45, 2.75) is 37.8 Å². The maximum absolute atomic E-state index is 14.1. The Hall–Kier alpha value is -3.43. The van der Waals surface area contributed by atoms with E-state index in [1.54, 1.807) is 30.3 Å². The Bertz CT molecular complexity index is 1700. The predicted octanol–water partition coefficient (Wildman–Crippen LogP) is 6.18. The first-order chi connectivity index (χ1) is 20.5. The third-order valence-electron chi connectivity index (χ3n) is 7.10. The van der Waals surface area contributed by atoms with Crippen LogP contribution in [0.1, 0.15) is 25.0 Å². The van der Waals surface area contributed by atoms with Gasteiger partial charge < -0.3 is 10.2 Å². The van der Waals surface area contributed by atoms with Gasteiger partial charge in [0.1, 0.15) is 6.04 Å². The van der Waals surface area contributed by atoms with E-state index in [9.17, 15) is 18.0 Å². The van der Waals surface area contributed by atoms with Gasteiger partial charge >= 0.3 is 0 Å². The number of benzene rings is 4. The Kier molecular flexibility index (Phi) is 10.8. The van der Waals surface area contributed by atoms with Crippen molar-refractivity contribution in [3.05, 3.63) is 112 Å². The monoisotopic (exact) mass is 639 g/mol. The van der Waals surface area contributed by atoms with Crippen LogP contribution in [0.4, 0.5) is 0 Å². The lowest BCUT2D eigenvalue weighted by Crippen LogP contribution is -2.53. The quantitative estimate of drug-likeness (QED) is 0.201. The van der Waals surface area contributed by atoms with Gasteiger partial charge in [0.15, 0.2) is 0 Å². The molecule has 0 bridgehead atoms. The number of nitrogens with zero attached hydrogens (tertiary/aromatic N) is 2. The van der Waals surface area contributed by atoms with Crippen molar-refractivity contribution in [2.75, 3.05) is 20.1 Å². The van der Waals surface area contributed by atoms with Gasteiger partial charge in [-0.3, -0.25) is 9.59 Å². The van der Waals surface area contributed by atoms with E-state index in [1.807, 2.05) is 68.4 Å². The van der Waals surface area contributed by atoms with Crippen LogP contribution in [0.15, 0.2) is 95.9 Å². The van der Waals surface area contributed by atoms with Gasteiger partial charge in [-0.2, -0.15) is 4.31 Å². The van der Waals surface area contributed by atoms with Crippen LogP contribution in [0.25, 0.3) is 10.8 Å². The molecular weight excluding hydrogens is 605 g/mol. The van der Waals surface area contributed by atoms with Crippen molar-refractivity contribution >= 4 is 55.8 Å². The summed E-state index contributed by atoms with van der Waals surface area (Å²) in [5, 5.41) is 5.40. The molecule has 0 aliphatic heterocycles. The summed E-state index contributed by atoms with van der Waals surface area (Å²) in [6, 6.07) is 25.7. The second-order valence-corrected chi connectivity index (χ2v) is 13.8. The summed E-state index contributed by atoms with van der Waals surface area (Å²) in [7, 11) is -2.67. The Labute approximate surface area is 263 Å². The Balaban J connectivity index is 1.69. The van der Waals surface area contributed by atoms with E-state index in [1.165, 1.54) is 18.0 Å². The largest absolute Gasteiger partial charge is 0.354 e. The van der Waals surface area contributed by atoms with Gasteiger partial charge in [-0.1, -0.05) is 104 Å². The van der Waals surface area contributed by atoms with Gasteiger partial charge in [0, 0.05) is 36.6 Å². The Morgan fingerprint density at radius 2 is 1.53 bits per heavy atom. The molecule has 0 heterocycles. The van der Waals surface area contributed by atoms with E-state index < -0.39 is 28.5 Å². The molecule has 10 heteroatoms. The highest BCUT2D eigenvalue weighted by atomic mass is 35.5. The lowest BCUT2D eigenvalue weighted by molar-refractivity contribution is -0.141. The maximum atomic E-state index is 14.1. The number of halogens is 2. The first-order valence-electron chi connectivity index (χ1n) is 14.0. The van der Waals surface area contributed by atoms with Crippen LogP contribution in [0, 0.1) is 5.92 Å². The average molecular weight is 641 g/mol. The number of amides is 2. The van der Waals surface area contributed by atoms with Crippen molar-refractivity contribution in [1.29, 1.82) is 0 Å². The van der Waals surface area contributed by atoms with E-state index in [0.717, 1.165) is 20.6 Å². The molecule has 4 rings (SSSR count). The second kappa shape index (κ2) is 14.4. The minimum atomic E-state index is -4.03. The van der Waals surface area contributed by atoms with Crippen molar-refractivity contribution in [3.63, 3.8) is 0 Å². The molecule has 0 fully saturated rings. The van der Waals surface area contributed by atoms with Crippen LogP contribution in [-0.2, 0) is 32.6 Å². The van der Waals surface area contributed by atoms with Gasteiger partial charge in [0.2, 0.25) is 21.8 Å². The van der Waals surface area contributed by atoms with Gasteiger partial charge in [0.05, 0.1) is 11.4 Å². The van der Waals surface area contributed by atoms with Crippen LogP contribution in [0.2, 0.25) is 10.0 Å². The summed E-state index contributed by atoms with van der Waals surface area (Å²) >= 11 is 12.6. The lowest BCUT2D eigenvalue weighted by Gasteiger charge is -2.33. The Morgan fingerprint density at radius 1 is 0.860 bits per heavy atom. The van der Waals surface area contributed by atoms with E-state index in [4.69, 9.17) is 23.2 Å². The number of hydrogen-bond acceptors (Lipinski definition) is 4. The number of rotatable bonds is 12. The molecule has 0 aliphatic carbocycles. The smallest absolute Gasteiger partial charge is 0.243 e. The van der Waals surface area contributed by atoms with E-state index in [2.05, 4.69) is 5.32 Å². The van der Waals surface area contributed by atoms with Crippen LogP contribution in [0.5, 0.6) is 0 Å². The Morgan fingerprint density at radius 3 is 2.21 bits per heavy atom. The fourth-order valence-electron chi connectivity index (χ4n) is 4.68. The number of nitrogens with one attached hydrogen (secondary N) is 1. The minimum absolute atomic E-state index is 0.0225. The molecule has 0 aliphatic rings.